The lowest BCUT2D eigenvalue weighted by Gasteiger charge is -1.71. The first-order chi connectivity index (χ1) is 2.89. The largest absolute Gasteiger partial charge is 0.592 e. The van der Waals surface area contributed by atoms with Gasteiger partial charge in [0.15, 0.2) is 6.26 Å². The van der Waals surface area contributed by atoms with Crippen LogP contribution in [0.1, 0.15) is 0 Å². The van der Waals surface area contributed by atoms with E-state index in [-0.39, 0.29) is 12.4 Å². The van der Waals surface area contributed by atoms with Crippen LogP contribution in [0, 0.1) is 5.21 Å². The van der Waals surface area contributed by atoms with Gasteiger partial charge in [0.05, 0.1) is 0 Å². The predicted molar refractivity (Wildman–Crippen MR) is 22.7 cm³/mol. The first-order valence-corrected chi connectivity index (χ1v) is 1.39. The highest BCUT2D eigenvalue weighted by Gasteiger charge is 1.82. The molecule has 0 saturated carbocycles. The van der Waals surface area contributed by atoms with Gasteiger partial charge < -0.3 is 9.73 Å². The summed E-state index contributed by atoms with van der Waals surface area (Å²) in [6.07, 6.45) is 2.37. The van der Waals surface area contributed by atoms with E-state index in [9.17, 15) is 5.21 Å². The van der Waals surface area contributed by atoms with E-state index >= 15 is 0 Å². The lowest BCUT2D eigenvalue weighted by molar-refractivity contribution is -0.679. The van der Waals surface area contributed by atoms with Crippen LogP contribution in [0.2, 0.25) is 0 Å². The second-order valence-electron chi connectivity index (χ2n) is 0.775. The molecule has 0 fully saturated rings. The van der Waals surface area contributed by atoms with Crippen LogP contribution >= 0.6 is 12.4 Å². The van der Waals surface area contributed by atoms with Crippen molar-refractivity contribution in [2.24, 2.45) is 0 Å². The molecule has 1 rings (SSSR count). The molecular formula is C2H3ClN2O2. The number of nitrogens with zero attached hydrogens (tertiary/aromatic N) is 2. The van der Waals surface area contributed by atoms with E-state index < -0.39 is 0 Å². The van der Waals surface area contributed by atoms with Crippen molar-refractivity contribution in [2.45, 2.75) is 0 Å². The summed E-state index contributed by atoms with van der Waals surface area (Å²) in [5.41, 5.74) is 0. The minimum absolute atomic E-state index is 0. The van der Waals surface area contributed by atoms with Gasteiger partial charge in [-0.3, -0.25) is 0 Å². The zero-order chi connectivity index (χ0) is 4.41. The third-order valence-corrected chi connectivity index (χ3v) is 0.377. The highest BCUT2D eigenvalue weighted by molar-refractivity contribution is 5.85. The Bertz CT molecular complexity index is 117. The van der Waals surface area contributed by atoms with Crippen molar-refractivity contribution in [2.75, 3.05) is 0 Å². The van der Waals surface area contributed by atoms with Crippen LogP contribution in [0.15, 0.2) is 17.0 Å². The molecule has 1 aromatic heterocycles. The fraction of sp³-hybridized carbons (Fsp3) is 0. The van der Waals surface area contributed by atoms with Gasteiger partial charge in [-0.05, 0) is 4.85 Å². The summed E-state index contributed by atoms with van der Waals surface area (Å²) >= 11 is 0. The molecule has 0 aliphatic carbocycles. The van der Waals surface area contributed by atoms with Crippen molar-refractivity contribution >= 4 is 12.4 Å². The molecular weight excluding hydrogens is 119 g/mol. The maximum absolute atomic E-state index is 9.78. The fourth-order valence-electron chi connectivity index (χ4n) is 0.180. The molecule has 0 aliphatic heterocycles. The van der Waals surface area contributed by atoms with E-state index in [0.717, 1.165) is 0 Å². The Morgan fingerprint density at radius 1 is 1.71 bits per heavy atom. The Labute approximate surface area is 45.7 Å². The number of rotatable bonds is 0. The van der Waals surface area contributed by atoms with E-state index in [1.165, 1.54) is 12.5 Å². The molecule has 0 atom stereocenters. The minimum Gasteiger partial charge on any atom is -0.592 e. The van der Waals surface area contributed by atoms with Gasteiger partial charge in [0.2, 0.25) is 5.27 Å². The summed E-state index contributed by atoms with van der Waals surface area (Å²) in [7, 11) is 0. The predicted octanol–water partition coefficient (Wildman–Crippen LogP) is -0.270. The van der Waals surface area contributed by atoms with Crippen molar-refractivity contribution in [1.29, 1.82) is 0 Å². The summed E-state index contributed by atoms with van der Waals surface area (Å²) in [6, 6.07) is 0. The maximum Gasteiger partial charge on any atom is 0.251 e. The van der Waals surface area contributed by atoms with E-state index in [0.29, 0.717) is 4.85 Å². The van der Waals surface area contributed by atoms with Crippen molar-refractivity contribution in [1.82, 2.24) is 5.27 Å². The summed E-state index contributed by atoms with van der Waals surface area (Å²) in [5.74, 6) is 0. The standard InChI is InChI=1S/C2H2N2O2.ClH/c5-4-1-2-6-3-4;/h1-2H;1H. The van der Waals surface area contributed by atoms with Crippen molar-refractivity contribution in [3.8, 4) is 0 Å². The summed E-state index contributed by atoms with van der Waals surface area (Å²) < 4.78 is 4.11. The zero-order valence-electron chi connectivity index (χ0n) is 3.27. The topological polar surface area (TPSA) is 53.0 Å². The van der Waals surface area contributed by atoms with Gasteiger partial charge in [0, 0.05) is 0 Å². The van der Waals surface area contributed by atoms with E-state index in [1.54, 1.807) is 0 Å². The molecule has 0 aliphatic rings. The maximum atomic E-state index is 9.78. The SMILES string of the molecule is Cl.[O-][n+]1ccon1. The van der Waals surface area contributed by atoms with Crippen molar-refractivity contribution in [3.63, 3.8) is 0 Å². The van der Waals surface area contributed by atoms with Crippen LogP contribution < -0.4 is 4.85 Å². The minimum atomic E-state index is 0. The number of hydrogen-bond donors (Lipinski definition) is 0. The van der Waals surface area contributed by atoms with Gasteiger partial charge in [-0.25, -0.2) is 0 Å². The Kier molecular flexibility index (Phi) is 2.15. The van der Waals surface area contributed by atoms with Gasteiger partial charge in [0.25, 0.3) is 6.20 Å². The molecule has 0 aromatic carbocycles. The average Bonchev–Trinajstić information content (AvgIpc) is 1.86. The second-order valence-corrected chi connectivity index (χ2v) is 0.775. The lowest BCUT2D eigenvalue weighted by Crippen LogP contribution is -2.25. The molecule has 0 bridgehead atoms. The quantitative estimate of drug-likeness (QED) is 0.352. The molecule has 0 amide bonds. The van der Waals surface area contributed by atoms with Gasteiger partial charge in [0.1, 0.15) is 0 Å². The van der Waals surface area contributed by atoms with Gasteiger partial charge in [-0.15, -0.1) is 12.4 Å². The first-order valence-electron chi connectivity index (χ1n) is 1.39. The molecule has 0 spiro atoms. The average molecular weight is 123 g/mol. The van der Waals surface area contributed by atoms with Crippen molar-refractivity contribution in [3.05, 3.63) is 17.7 Å². The fourth-order valence-corrected chi connectivity index (χ4v) is 0.180. The van der Waals surface area contributed by atoms with Gasteiger partial charge in [-0.2, -0.15) is 0 Å². The lowest BCUT2D eigenvalue weighted by atomic mass is 11.0. The molecule has 0 radical (unpaired) electrons. The zero-order valence-corrected chi connectivity index (χ0v) is 4.09. The normalized spacial score (nSPS) is 7.43. The van der Waals surface area contributed by atoms with E-state index in [2.05, 4.69) is 9.79 Å². The van der Waals surface area contributed by atoms with Gasteiger partial charge in [-0.1, -0.05) is 0 Å². The monoisotopic (exact) mass is 122 g/mol. The van der Waals surface area contributed by atoms with E-state index in [1.807, 2.05) is 0 Å². The van der Waals surface area contributed by atoms with Crippen LogP contribution in [-0.2, 0) is 0 Å². The van der Waals surface area contributed by atoms with Crippen LogP contribution in [-0.4, -0.2) is 5.27 Å². The Morgan fingerprint density at radius 3 is 2.57 bits per heavy atom. The van der Waals surface area contributed by atoms with Crippen LogP contribution in [0.25, 0.3) is 0 Å². The van der Waals surface area contributed by atoms with E-state index in [4.69, 9.17) is 0 Å². The highest BCUT2D eigenvalue weighted by Crippen LogP contribution is 1.62. The third kappa shape index (κ3) is 1.41. The van der Waals surface area contributed by atoms with Crippen LogP contribution in [0.5, 0.6) is 0 Å². The Balaban J connectivity index is 0.000000360. The van der Waals surface area contributed by atoms with Gasteiger partial charge >= 0.3 is 0 Å². The number of aromatic nitrogens is 2. The molecule has 4 nitrogen and oxygen atoms in total. The highest BCUT2D eigenvalue weighted by atomic mass is 35.5. The number of halogens is 1. The molecule has 7 heavy (non-hydrogen) atoms. The molecule has 5 heteroatoms. The summed E-state index contributed by atoms with van der Waals surface area (Å²) in [4.78, 5) is 0.333. The molecule has 0 unspecified atom stereocenters. The Morgan fingerprint density at radius 2 is 2.43 bits per heavy atom. The molecule has 0 saturated heterocycles. The molecule has 0 N–H and O–H groups in total. The van der Waals surface area contributed by atoms with Crippen molar-refractivity contribution < 1.29 is 9.37 Å². The number of hydrogen-bond acceptors (Lipinski definition) is 3. The third-order valence-electron chi connectivity index (χ3n) is 0.377. The smallest absolute Gasteiger partial charge is 0.251 e. The Hall–Kier alpha value is -0.770. The molecule has 1 aromatic rings. The molecule has 40 valence electrons. The first kappa shape index (κ1) is 6.23. The molecule has 1 heterocycles. The summed E-state index contributed by atoms with van der Waals surface area (Å²) in [5, 5.41) is 12.7. The second kappa shape index (κ2) is 2.41. The van der Waals surface area contributed by atoms with Crippen LogP contribution in [0.4, 0.5) is 0 Å². The summed E-state index contributed by atoms with van der Waals surface area (Å²) in [6.45, 7) is 0. The van der Waals surface area contributed by atoms with Crippen LogP contribution in [0.3, 0.4) is 0 Å².